The molecule has 6 nitrogen and oxygen atoms in total. The number of benzene rings is 1. The van der Waals surface area contributed by atoms with Gasteiger partial charge in [0.05, 0.1) is 23.7 Å². The maximum atomic E-state index is 11.3. The molecule has 1 unspecified atom stereocenters. The van der Waals surface area contributed by atoms with Gasteiger partial charge in [0.25, 0.3) is 5.91 Å². The summed E-state index contributed by atoms with van der Waals surface area (Å²) in [6.45, 7) is 2.69. The van der Waals surface area contributed by atoms with E-state index in [1.54, 1.807) is 19.2 Å². The third kappa shape index (κ3) is 3.08. The van der Waals surface area contributed by atoms with Gasteiger partial charge in [-0.1, -0.05) is 6.92 Å². The number of amides is 1. The highest BCUT2D eigenvalue weighted by Gasteiger charge is 2.18. The topological polar surface area (TPSA) is 85.6 Å². The van der Waals surface area contributed by atoms with Crippen LogP contribution >= 0.6 is 0 Å². The van der Waals surface area contributed by atoms with E-state index in [4.69, 9.17) is 15.2 Å². The first kappa shape index (κ1) is 13.5. The van der Waals surface area contributed by atoms with Gasteiger partial charge in [-0.15, -0.1) is 0 Å². The summed E-state index contributed by atoms with van der Waals surface area (Å²) in [5.41, 5.74) is 7.98. The summed E-state index contributed by atoms with van der Waals surface area (Å²) in [4.78, 5) is 11.3. The summed E-state index contributed by atoms with van der Waals surface area (Å²) in [5.74, 6) is 0.439. The Labute approximate surface area is 112 Å². The van der Waals surface area contributed by atoms with Crippen LogP contribution in [0.25, 0.3) is 0 Å². The van der Waals surface area contributed by atoms with Crippen LogP contribution < -0.4 is 21.1 Å². The monoisotopic (exact) mass is 265 g/mol. The number of nitrogens with two attached hydrogens (primary N) is 1. The number of hydrogen-bond donors (Lipinski definition) is 3. The quantitative estimate of drug-likeness (QED) is 0.701. The Bertz CT molecular complexity index is 476. The predicted octanol–water partition coefficient (Wildman–Crippen LogP) is 1.44. The predicted molar refractivity (Wildman–Crippen MR) is 74.6 cm³/mol. The first-order valence-electron chi connectivity index (χ1n) is 6.25. The Kier molecular flexibility index (Phi) is 4.11. The second kappa shape index (κ2) is 5.79. The molecule has 0 saturated heterocycles. The van der Waals surface area contributed by atoms with Crippen LogP contribution in [0.15, 0.2) is 12.1 Å². The summed E-state index contributed by atoms with van der Waals surface area (Å²) < 4.78 is 10.4. The van der Waals surface area contributed by atoms with E-state index in [1.165, 1.54) is 0 Å². The number of methoxy groups -OCH3 is 1. The minimum atomic E-state index is -0.160. The summed E-state index contributed by atoms with van der Waals surface area (Å²) >= 11 is 0. The second-order valence-corrected chi connectivity index (χ2v) is 4.48. The first-order chi connectivity index (χ1) is 9.13. The molecule has 19 heavy (non-hydrogen) atoms. The van der Waals surface area contributed by atoms with E-state index >= 15 is 0 Å². The summed E-state index contributed by atoms with van der Waals surface area (Å²) in [6.07, 6.45) is 0.910. The van der Waals surface area contributed by atoms with Crippen molar-refractivity contribution in [3.8, 4) is 5.75 Å². The molecule has 1 heterocycles. The molecule has 0 bridgehead atoms. The van der Waals surface area contributed by atoms with Crippen LogP contribution in [0.2, 0.25) is 0 Å². The van der Waals surface area contributed by atoms with Gasteiger partial charge in [-0.25, -0.2) is 0 Å². The fourth-order valence-corrected chi connectivity index (χ4v) is 1.95. The smallest absolute Gasteiger partial charge is 0.262 e. The van der Waals surface area contributed by atoms with E-state index in [1.807, 2.05) is 0 Å². The molecule has 1 aliphatic heterocycles. The van der Waals surface area contributed by atoms with E-state index in [9.17, 15) is 4.79 Å². The van der Waals surface area contributed by atoms with Crippen LogP contribution in [0, 0.1) is 0 Å². The maximum Gasteiger partial charge on any atom is 0.262 e. The molecule has 0 saturated carbocycles. The third-order valence-electron chi connectivity index (χ3n) is 3.00. The molecule has 0 aliphatic carbocycles. The number of anilines is 3. The van der Waals surface area contributed by atoms with Gasteiger partial charge in [-0.3, -0.25) is 4.79 Å². The average molecular weight is 265 g/mol. The van der Waals surface area contributed by atoms with E-state index in [0.717, 1.165) is 12.1 Å². The van der Waals surface area contributed by atoms with Crippen molar-refractivity contribution in [3.05, 3.63) is 12.1 Å². The van der Waals surface area contributed by atoms with Gasteiger partial charge in [0.1, 0.15) is 5.75 Å². The average Bonchev–Trinajstić information content (AvgIpc) is 2.39. The van der Waals surface area contributed by atoms with Gasteiger partial charge in [0.15, 0.2) is 6.61 Å². The molecule has 1 amide bonds. The van der Waals surface area contributed by atoms with Gasteiger partial charge in [-0.2, -0.15) is 0 Å². The number of ether oxygens (including phenoxy) is 2. The van der Waals surface area contributed by atoms with Gasteiger partial charge in [-0.05, 0) is 12.5 Å². The normalized spacial score (nSPS) is 15.2. The highest BCUT2D eigenvalue weighted by molar-refractivity contribution is 5.97. The van der Waals surface area contributed by atoms with E-state index in [-0.39, 0.29) is 18.6 Å². The molecule has 1 aliphatic rings. The SMILES string of the molecule is CCC(COC)Nc1cc2c(cc1N)OCC(=O)N2. The van der Waals surface area contributed by atoms with E-state index < -0.39 is 0 Å². The lowest BCUT2D eigenvalue weighted by atomic mass is 10.1. The molecule has 2 rings (SSSR count). The molecule has 0 radical (unpaired) electrons. The van der Waals surface area contributed by atoms with E-state index in [2.05, 4.69) is 17.6 Å². The Morgan fingerprint density at radius 1 is 1.58 bits per heavy atom. The minimum absolute atomic E-state index is 0.0282. The lowest BCUT2D eigenvalue weighted by Crippen LogP contribution is -2.27. The molecule has 6 heteroatoms. The Morgan fingerprint density at radius 2 is 2.37 bits per heavy atom. The van der Waals surface area contributed by atoms with Gasteiger partial charge >= 0.3 is 0 Å². The van der Waals surface area contributed by atoms with Crippen LogP contribution in [-0.4, -0.2) is 32.3 Å². The van der Waals surface area contributed by atoms with Gasteiger partial charge < -0.3 is 25.8 Å². The lowest BCUT2D eigenvalue weighted by molar-refractivity contribution is -0.118. The molecule has 1 aromatic rings. The standard InChI is InChI=1S/C13H19N3O3/c1-3-8(6-18-2)15-10-5-11-12(4-9(10)14)19-7-13(17)16-11/h4-5,8,15H,3,6-7,14H2,1-2H3,(H,16,17). The number of rotatable bonds is 5. The number of carbonyl (C=O) groups excluding carboxylic acids is 1. The number of nitrogen functional groups attached to an aromatic ring is 1. The Morgan fingerprint density at radius 3 is 3.05 bits per heavy atom. The third-order valence-corrected chi connectivity index (χ3v) is 3.00. The molecule has 1 aromatic carbocycles. The van der Waals surface area contributed by atoms with Crippen molar-refractivity contribution in [3.63, 3.8) is 0 Å². The van der Waals surface area contributed by atoms with Crippen molar-refractivity contribution >= 4 is 23.0 Å². The van der Waals surface area contributed by atoms with Crippen LogP contribution in [0.3, 0.4) is 0 Å². The molecular weight excluding hydrogens is 246 g/mol. The highest BCUT2D eigenvalue weighted by Crippen LogP contribution is 2.35. The summed E-state index contributed by atoms with van der Waals surface area (Å²) in [7, 11) is 1.66. The number of fused-ring (bicyclic) bond motifs is 1. The van der Waals surface area contributed by atoms with Crippen molar-refractivity contribution in [1.29, 1.82) is 0 Å². The molecule has 0 aromatic heterocycles. The molecule has 1 atom stereocenters. The Hall–Kier alpha value is -1.95. The van der Waals surface area contributed by atoms with Crippen LogP contribution in [0.1, 0.15) is 13.3 Å². The second-order valence-electron chi connectivity index (χ2n) is 4.48. The minimum Gasteiger partial charge on any atom is -0.482 e. The van der Waals surface area contributed by atoms with Crippen molar-refractivity contribution in [2.45, 2.75) is 19.4 Å². The molecule has 0 fully saturated rings. The summed E-state index contributed by atoms with van der Waals surface area (Å²) in [5, 5.41) is 6.07. The number of carbonyl (C=O) groups is 1. The zero-order valence-corrected chi connectivity index (χ0v) is 11.2. The molecule has 4 N–H and O–H groups in total. The zero-order chi connectivity index (χ0) is 13.8. The van der Waals surface area contributed by atoms with Crippen molar-refractivity contribution in [2.24, 2.45) is 0 Å². The summed E-state index contributed by atoms with van der Waals surface area (Å²) in [6, 6.07) is 3.68. The van der Waals surface area contributed by atoms with Crippen LogP contribution in [0.4, 0.5) is 17.1 Å². The van der Waals surface area contributed by atoms with Gasteiger partial charge in [0, 0.05) is 19.2 Å². The molecule has 104 valence electrons. The van der Waals surface area contributed by atoms with Crippen molar-refractivity contribution < 1.29 is 14.3 Å². The fourth-order valence-electron chi connectivity index (χ4n) is 1.95. The zero-order valence-electron chi connectivity index (χ0n) is 11.2. The fraction of sp³-hybridized carbons (Fsp3) is 0.462. The van der Waals surface area contributed by atoms with Crippen LogP contribution in [0.5, 0.6) is 5.75 Å². The highest BCUT2D eigenvalue weighted by atomic mass is 16.5. The van der Waals surface area contributed by atoms with Crippen molar-refractivity contribution in [2.75, 3.05) is 36.7 Å². The molecule has 0 spiro atoms. The van der Waals surface area contributed by atoms with Gasteiger partial charge in [0.2, 0.25) is 0 Å². The largest absolute Gasteiger partial charge is 0.482 e. The number of nitrogens with one attached hydrogen (secondary N) is 2. The van der Waals surface area contributed by atoms with Crippen LogP contribution in [-0.2, 0) is 9.53 Å². The Balaban J connectivity index is 2.21. The van der Waals surface area contributed by atoms with Crippen molar-refractivity contribution in [1.82, 2.24) is 0 Å². The molecular formula is C13H19N3O3. The first-order valence-corrected chi connectivity index (χ1v) is 6.25. The lowest BCUT2D eigenvalue weighted by Gasteiger charge is -2.23. The van der Waals surface area contributed by atoms with E-state index in [0.29, 0.717) is 23.7 Å². The maximum absolute atomic E-state index is 11.3. The number of hydrogen-bond acceptors (Lipinski definition) is 5.